The molecule has 0 fully saturated rings. The maximum absolute atomic E-state index is 12.8. The molecule has 0 bridgehead atoms. The van der Waals surface area contributed by atoms with E-state index in [9.17, 15) is 14.4 Å². The quantitative estimate of drug-likeness (QED) is 0.523. The van der Waals surface area contributed by atoms with E-state index in [4.69, 9.17) is 32.7 Å². The molecule has 1 aromatic heterocycles. The van der Waals surface area contributed by atoms with Gasteiger partial charge in [0, 0.05) is 12.1 Å². The number of anilines is 1. The molecule has 1 heterocycles. The summed E-state index contributed by atoms with van der Waals surface area (Å²) in [7, 11) is 1.71. The minimum Gasteiger partial charge on any atom is -0.477 e. The third-order valence-electron chi connectivity index (χ3n) is 4.69. The Kier molecular flexibility index (Phi) is 7.27. The van der Waals surface area contributed by atoms with Gasteiger partial charge in [0.25, 0.3) is 11.5 Å². The number of rotatable bonds is 7. The molecule has 3 aromatic rings. The van der Waals surface area contributed by atoms with Crippen molar-refractivity contribution in [2.75, 3.05) is 11.9 Å². The Morgan fingerprint density at radius 3 is 2.47 bits per heavy atom. The zero-order valence-electron chi connectivity index (χ0n) is 17.6. The van der Waals surface area contributed by atoms with E-state index in [2.05, 4.69) is 5.32 Å². The first-order chi connectivity index (χ1) is 15.2. The number of benzene rings is 2. The molecule has 0 saturated heterocycles. The number of carbonyl (C=O) groups excluding carboxylic acids is 2. The van der Waals surface area contributed by atoms with Crippen molar-refractivity contribution in [1.82, 2.24) is 9.36 Å². The van der Waals surface area contributed by atoms with Crippen LogP contribution in [0, 0.1) is 6.92 Å². The Labute approximate surface area is 194 Å². The second-order valence-electron chi connectivity index (χ2n) is 6.93. The standard InChI is InChI=1S/C22H21Cl2N3O5/c1-13-20(21(29)27(26(13)3)16-7-5-4-6-8-16)25-19(28)12-31-22(30)14(2)32-18-10-9-15(23)11-17(18)24/h4-11,14H,12H2,1-3H3,(H,25,28)/t14-/m0/s1. The molecule has 1 N–H and O–H groups in total. The lowest BCUT2D eigenvalue weighted by Gasteiger charge is -2.15. The molecule has 0 aliphatic heterocycles. The van der Waals surface area contributed by atoms with E-state index in [-0.39, 0.29) is 16.5 Å². The topological polar surface area (TPSA) is 91.6 Å². The van der Waals surface area contributed by atoms with Gasteiger partial charge in [0.1, 0.15) is 11.4 Å². The molecule has 1 amide bonds. The van der Waals surface area contributed by atoms with E-state index in [1.165, 1.54) is 23.7 Å². The number of aromatic nitrogens is 2. The van der Waals surface area contributed by atoms with E-state index in [1.807, 2.05) is 18.2 Å². The number of amides is 1. The third kappa shape index (κ3) is 5.15. The lowest BCUT2D eigenvalue weighted by atomic mass is 10.3. The lowest BCUT2D eigenvalue weighted by Crippen LogP contribution is -2.30. The van der Waals surface area contributed by atoms with Crippen LogP contribution in [-0.2, 0) is 21.4 Å². The van der Waals surface area contributed by atoms with Gasteiger partial charge in [-0.25, -0.2) is 9.48 Å². The van der Waals surface area contributed by atoms with Crippen molar-refractivity contribution in [2.24, 2.45) is 7.05 Å². The maximum Gasteiger partial charge on any atom is 0.347 e. The summed E-state index contributed by atoms with van der Waals surface area (Å²) in [5.41, 5.74) is 0.911. The molecular formula is C22H21Cl2N3O5. The van der Waals surface area contributed by atoms with Gasteiger partial charge >= 0.3 is 5.97 Å². The Balaban J connectivity index is 1.62. The summed E-state index contributed by atoms with van der Waals surface area (Å²) in [6.07, 6.45) is -1.02. The first-order valence-electron chi connectivity index (χ1n) is 9.61. The lowest BCUT2D eigenvalue weighted by molar-refractivity contribution is -0.153. The van der Waals surface area contributed by atoms with E-state index in [1.54, 1.807) is 36.9 Å². The van der Waals surface area contributed by atoms with Crippen molar-refractivity contribution in [3.8, 4) is 11.4 Å². The van der Waals surface area contributed by atoms with Gasteiger partial charge < -0.3 is 14.8 Å². The third-order valence-corrected chi connectivity index (χ3v) is 5.22. The second-order valence-corrected chi connectivity index (χ2v) is 7.77. The molecule has 8 nitrogen and oxygen atoms in total. The van der Waals surface area contributed by atoms with Crippen molar-refractivity contribution in [1.29, 1.82) is 0 Å². The zero-order valence-corrected chi connectivity index (χ0v) is 19.1. The predicted molar refractivity (Wildman–Crippen MR) is 122 cm³/mol. The zero-order chi connectivity index (χ0) is 23.4. The maximum atomic E-state index is 12.8. The van der Waals surface area contributed by atoms with Crippen LogP contribution in [0.3, 0.4) is 0 Å². The molecule has 3 rings (SSSR count). The fraction of sp³-hybridized carbons (Fsp3) is 0.227. The van der Waals surface area contributed by atoms with Gasteiger partial charge in [0.15, 0.2) is 12.7 Å². The van der Waals surface area contributed by atoms with Crippen molar-refractivity contribution in [2.45, 2.75) is 20.0 Å². The molecule has 0 saturated carbocycles. The van der Waals surface area contributed by atoms with Crippen molar-refractivity contribution < 1.29 is 19.1 Å². The van der Waals surface area contributed by atoms with Gasteiger partial charge in [0.05, 0.1) is 16.4 Å². The number of esters is 1. The number of nitrogens with one attached hydrogen (secondary N) is 1. The van der Waals surface area contributed by atoms with Crippen molar-refractivity contribution in [3.63, 3.8) is 0 Å². The highest BCUT2D eigenvalue weighted by molar-refractivity contribution is 6.35. The van der Waals surface area contributed by atoms with Crippen LogP contribution in [0.25, 0.3) is 5.69 Å². The number of hydrogen-bond acceptors (Lipinski definition) is 5. The molecule has 168 valence electrons. The van der Waals surface area contributed by atoms with Crippen LogP contribution in [-0.4, -0.2) is 34.0 Å². The summed E-state index contributed by atoms with van der Waals surface area (Å²) in [5, 5.41) is 3.19. The molecule has 2 aromatic carbocycles. The SMILES string of the molecule is Cc1c(NC(=O)COC(=O)[C@H](C)Oc2ccc(Cl)cc2Cl)c(=O)n(-c2ccccc2)n1C. The van der Waals surface area contributed by atoms with Crippen molar-refractivity contribution in [3.05, 3.63) is 74.6 Å². The van der Waals surface area contributed by atoms with Gasteiger partial charge in [-0.05, 0) is 44.2 Å². The van der Waals surface area contributed by atoms with Crippen LogP contribution in [0.1, 0.15) is 12.6 Å². The van der Waals surface area contributed by atoms with Gasteiger partial charge in [-0.15, -0.1) is 0 Å². The number of ether oxygens (including phenoxy) is 2. The highest BCUT2D eigenvalue weighted by atomic mass is 35.5. The molecule has 32 heavy (non-hydrogen) atoms. The summed E-state index contributed by atoms with van der Waals surface area (Å²) in [5.74, 6) is -1.16. The molecule has 1 atom stereocenters. The minimum absolute atomic E-state index is 0.106. The molecule has 0 radical (unpaired) electrons. The highest BCUT2D eigenvalue weighted by Gasteiger charge is 2.21. The van der Waals surface area contributed by atoms with Gasteiger partial charge in [-0.1, -0.05) is 41.4 Å². The number of carbonyl (C=O) groups is 2. The second kappa shape index (κ2) is 9.93. The Morgan fingerprint density at radius 1 is 1.12 bits per heavy atom. The monoisotopic (exact) mass is 477 g/mol. The predicted octanol–water partition coefficient (Wildman–Crippen LogP) is 3.74. The highest BCUT2D eigenvalue weighted by Crippen LogP contribution is 2.28. The summed E-state index contributed by atoms with van der Waals surface area (Å²) in [6, 6.07) is 13.6. The summed E-state index contributed by atoms with van der Waals surface area (Å²) in [6.45, 7) is 2.58. The average molecular weight is 478 g/mol. The summed E-state index contributed by atoms with van der Waals surface area (Å²) in [4.78, 5) is 37.4. The van der Waals surface area contributed by atoms with Crippen molar-refractivity contribution >= 4 is 40.8 Å². The van der Waals surface area contributed by atoms with E-state index in [0.717, 1.165) is 0 Å². The van der Waals surface area contributed by atoms with Crippen LogP contribution in [0.5, 0.6) is 5.75 Å². The van der Waals surface area contributed by atoms with Crippen LogP contribution >= 0.6 is 23.2 Å². The smallest absolute Gasteiger partial charge is 0.347 e. The molecule has 0 aliphatic rings. The number of halogens is 2. The Bertz CT molecular complexity index is 1200. The summed E-state index contributed by atoms with van der Waals surface area (Å²) >= 11 is 11.9. The van der Waals surface area contributed by atoms with Crippen LogP contribution in [0.15, 0.2) is 53.3 Å². The van der Waals surface area contributed by atoms with Gasteiger partial charge in [-0.3, -0.25) is 14.3 Å². The molecule has 10 heteroatoms. The largest absolute Gasteiger partial charge is 0.477 e. The van der Waals surface area contributed by atoms with E-state index >= 15 is 0 Å². The fourth-order valence-electron chi connectivity index (χ4n) is 2.95. The van der Waals surface area contributed by atoms with Crippen LogP contribution in [0.2, 0.25) is 10.0 Å². The van der Waals surface area contributed by atoms with Crippen LogP contribution < -0.4 is 15.6 Å². The van der Waals surface area contributed by atoms with E-state index in [0.29, 0.717) is 16.4 Å². The number of para-hydroxylation sites is 1. The summed E-state index contributed by atoms with van der Waals surface area (Å²) < 4.78 is 13.5. The Hall–Kier alpha value is -3.23. The first-order valence-corrected chi connectivity index (χ1v) is 10.4. The number of hydrogen-bond donors (Lipinski definition) is 1. The molecule has 0 aliphatic carbocycles. The fourth-order valence-corrected chi connectivity index (χ4v) is 3.40. The van der Waals surface area contributed by atoms with Crippen LogP contribution in [0.4, 0.5) is 5.69 Å². The normalized spacial score (nSPS) is 11.7. The molecule has 0 spiro atoms. The van der Waals surface area contributed by atoms with E-state index < -0.39 is 30.1 Å². The Morgan fingerprint density at radius 2 is 1.81 bits per heavy atom. The first kappa shape index (κ1) is 23.4. The molecule has 0 unspecified atom stereocenters. The molecular weight excluding hydrogens is 457 g/mol. The minimum atomic E-state index is -1.02. The average Bonchev–Trinajstić information content (AvgIpc) is 2.97. The van der Waals surface area contributed by atoms with Gasteiger partial charge in [0.2, 0.25) is 0 Å². The number of nitrogens with zero attached hydrogens (tertiary/aromatic N) is 2. The van der Waals surface area contributed by atoms with Gasteiger partial charge in [-0.2, -0.15) is 0 Å².